The number of amides is 1. The number of nitrogens with one attached hydrogen (secondary N) is 1. The van der Waals surface area contributed by atoms with Gasteiger partial charge in [-0.3, -0.25) is 4.79 Å². The van der Waals surface area contributed by atoms with E-state index in [4.69, 9.17) is 4.74 Å². The molecule has 0 aromatic heterocycles. The Bertz CT molecular complexity index is 887. The molecule has 2 aliphatic heterocycles. The molecular weight excluding hydrogens is 324 g/mol. The summed E-state index contributed by atoms with van der Waals surface area (Å²) in [7, 11) is 0. The number of benzene rings is 2. The van der Waals surface area contributed by atoms with Crippen LogP contribution in [-0.2, 0) is 10.2 Å². The van der Waals surface area contributed by atoms with Gasteiger partial charge in [-0.15, -0.1) is 0 Å². The summed E-state index contributed by atoms with van der Waals surface area (Å²) in [6.07, 6.45) is 4.21. The van der Waals surface area contributed by atoms with Crippen molar-refractivity contribution in [1.29, 1.82) is 0 Å². The second-order valence-electron chi connectivity index (χ2n) is 7.38. The SMILES string of the molecule is CCOc1cccc(C=CC23NC(=O)CN2c2ccccc2C3(C)C)c1. The molecule has 134 valence electrons. The Morgan fingerprint density at radius 1 is 1.19 bits per heavy atom. The number of anilines is 1. The summed E-state index contributed by atoms with van der Waals surface area (Å²) < 4.78 is 5.60. The van der Waals surface area contributed by atoms with Gasteiger partial charge in [0.1, 0.15) is 11.4 Å². The lowest BCUT2D eigenvalue weighted by molar-refractivity contribution is -0.118. The average Bonchev–Trinajstić information content (AvgIpc) is 3.06. The maximum absolute atomic E-state index is 12.3. The molecule has 0 aliphatic carbocycles. The Kier molecular flexibility index (Phi) is 3.79. The third-order valence-corrected chi connectivity index (χ3v) is 5.56. The maximum atomic E-state index is 12.3. The summed E-state index contributed by atoms with van der Waals surface area (Å²) in [5.41, 5.74) is 2.63. The van der Waals surface area contributed by atoms with Crippen LogP contribution in [0.5, 0.6) is 5.75 Å². The fraction of sp³-hybridized carbons (Fsp3) is 0.318. The molecule has 4 rings (SSSR count). The van der Waals surface area contributed by atoms with Gasteiger partial charge in [0.05, 0.1) is 13.2 Å². The van der Waals surface area contributed by atoms with E-state index in [0.717, 1.165) is 17.0 Å². The smallest absolute Gasteiger partial charge is 0.241 e. The molecule has 26 heavy (non-hydrogen) atoms. The van der Waals surface area contributed by atoms with Crippen LogP contribution in [0.1, 0.15) is 31.9 Å². The van der Waals surface area contributed by atoms with Crippen LogP contribution in [0.25, 0.3) is 6.08 Å². The normalized spacial score (nSPS) is 23.0. The van der Waals surface area contributed by atoms with Crippen molar-refractivity contribution in [3.63, 3.8) is 0 Å². The van der Waals surface area contributed by atoms with Crippen molar-refractivity contribution in [2.45, 2.75) is 31.8 Å². The van der Waals surface area contributed by atoms with Crippen LogP contribution in [0, 0.1) is 0 Å². The third-order valence-electron chi connectivity index (χ3n) is 5.56. The molecular formula is C22H24N2O2. The van der Waals surface area contributed by atoms with Crippen molar-refractivity contribution < 1.29 is 9.53 Å². The van der Waals surface area contributed by atoms with Gasteiger partial charge in [-0.2, -0.15) is 0 Å². The molecule has 1 saturated heterocycles. The number of carbonyl (C=O) groups is 1. The number of carbonyl (C=O) groups excluding carboxylic acids is 1. The molecule has 2 aromatic rings. The van der Waals surface area contributed by atoms with Gasteiger partial charge in [-0.25, -0.2) is 0 Å². The van der Waals surface area contributed by atoms with Gasteiger partial charge in [-0.05, 0) is 42.3 Å². The second-order valence-corrected chi connectivity index (χ2v) is 7.38. The van der Waals surface area contributed by atoms with E-state index in [-0.39, 0.29) is 11.3 Å². The number of para-hydroxylation sites is 1. The van der Waals surface area contributed by atoms with Crippen molar-refractivity contribution in [3.8, 4) is 5.75 Å². The molecule has 1 N–H and O–H groups in total. The topological polar surface area (TPSA) is 41.6 Å². The second kappa shape index (κ2) is 5.90. The van der Waals surface area contributed by atoms with Gasteiger partial charge in [0.15, 0.2) is 0 Å². The molecule has 0 spiro atoms. The van der Waals surface area contributed by atoms with Crippen molar-refractivity contribution in [2.75, 3.05) is 18.1 Å². The van der Waals surface area contributed by atoms with Crippen LogP contribution in [0.3, 0.4) is 0 Å². The van der Waals surface area contributed by atoms with Crippen LogP contribution in [0.4, 0.5) is 5.69 Å². The van der Waals surface area contributed by atoms with E-state index in [1.165, 1.54) is 5.56 Å². The number of fused-ring (bicyclic) bond motifs is 3. The molecule has 0 radical (unpaired) electrons. The Balaban J connectivity index is 1.76. The molecule has 1 amide bonds. The fourth-order valence-corrected chi connectivity index (χ4v) is 4.23. The highest BCUT2D eigenvalue weighted by atomic mass is 16.5. The Morgan fingerprint density at radius 3 is 2.81 bits per heavy atom. The standard InChI is InChI=1S/C22H24N2O2/c1-4-26-17-9-7-8-16(14-17)12-13-22-21(2,3)18-10-5-6-11-19(18)24(22)15-20(25)23-22/h5-14H,4,15H2,1-3H3,(H,23,25). The Morgan fingerprint density at radius 2 is 2.00 bits per heavy atom. The molecule has 1 fully saturated rings. The van der Waals surface area contributed by atoms with E-state index in [1.807, 2.05) is 37.3 Å². The molecule has 1 atom stereocenters. The number of rotatable bonds is 4. The maximum Gasteiger partial charge on any atom is 0.241 e. The van der Waals surface area contributed by atoms with E-state index in [9.17, 15) is 4.79 Å². The average molecular weight is 348 g/mol. The molecule has 2 heterocycles. The van der Waals surface area contributed by atoms with Crippen LogP contribution in [0.2, 0.25) is 0 Å². The molecule has 2 aliphatic rings. The van der Waals surface area contributed by atoms with Gasteiger partial charge >= 0.3 is 0 Å². The van der Waals surface area contributed by atoms with Gasteiger partial charge in [0, 0.05) is 11.1 Å². The lowest BCUT2D eigenvalue weighted by atomic mass is 9.75. The zero-order chi connectivity index (χ0) is 18.4. The summed E-state index contributed by atoms with van der Waals surface area (Å²) in [4.78, 5) is 14.5. The van der Waals surface area contributed by atoms with Crippen molar-refractivity contribution in [2.24, 2.45) is 0 Å². The molecule has 0 bridgehead atoms. The highest BCUT2D eigenvalue weighted by Crippen LogP contribution is 2.52. The van der Waals surface area contributed by atoms with E-state index < -0.39 is 5.66 Å². The fourth-order valence-electron chi connectivity index (χ4n) is 4.23. The largest absolute Gasteiger partial charge is 0.494 e. The van der Waals surface area contributed by atoms with E-state index in [0.29, 0.717) is 13.2 Å². The molecule has 2 aromatic carbocycles. The summed E-state index contributed by atoms with van der Waals surface area (Å²) in [6.45, 7) is 7.38. The predicted octanol–water partition coefficient (Wildman–Crippen LogP) is 3.72. The van der Waals surface area contributed by atoms with Gasteiger partial charge in [0.2, 0.25) is 5.91 Å². The summed E-state index contributed by atoms with van der Waals surface area (Å²) in [5, 5.41) is 3.25. The van der Waals surface area contributed by atoms with E-state index >= 15 is 0 Å². The molecule has 4 nitrogen and oxygen atoms in total. The predicted molar refractivity (Wildman–Crippen MR) is 104 cm³/mol. The Labute approximate surface area is 154 Å². The van der Waals surface area contributed by atoms with E-state index in [2.05, 4.69) is 54.4 Å². The van der Waals surface area contributed by atoms with Gasteiger partial charge in [-0.1, -0.05) is 50.3 Å². The van der Waals surface area contributed by atoms with Crippen molar-refractivity contribution in [1.82, 2.24) is 5.32 Å². The van der Waals surface area contributed by atoms with Crippen LogP contribution < -0.4 is 15.0 Å². The number of hydrogen-bond acceptors (Lipinski definition) is 3. The molecule has 1 unspecified atom stereocenters. The first-order valence-electron chi connectivity index (χ1n) is 9.08. The minimum Gasteiger partial charge on any atom is -0.494 e. The first-order valence-corrected chi connectivity index (χ1v) is 9.08. The first-order chi connectivity index (χ1) is 12.5. The number of hydrogen-bond donors (Lipinski definition) is 1. The zero-order valence-electron chi connectivity index (χ0n) is 15.5. The van der Waals surface area contributed by atoms with Crippen LogP contribution >= 0.6 is 0 Å². The van der Waals surface area contributed by atoms with Crippen LogP contribution in [-0.4, -0.2) is 24.7 Å². The quantitative estimate of drug-likeness (QED) is 0.915. The first kappa shape index (κ1) is 16.7. The van der Waals surface area contributed by atoms with Crippen molar-refractivity contribution in [3.05, 3.63) is 65.7 Å². The number of ether oxygens (including phenoxy) is 1. The summed E-state index contributed by atoms with van der Waals surface area (Å²) in [5.74, 6) is 0.911. The zero-order valence-corrected chi connectivity index (χ0v) is 15.5. The summed E-state index contributed by atoms with van der Waals surface area (Å²) >= 11 is 0. The van der Waals surface area contributed by atoms with E-state index in [1.54, 1.807) is 0 Å². The minimum absolute atomic E-state index is 0.0558. The third kappa shape index (κ3) is 2.32. The summed E-state index contributed by atoms with van der Waals surface area (Å²) in [6, 6.07) is 16.4. The van der Waals surface area contributed by atoms with Crippen molar-refractivity contribution >= 4 is 17.7 Å². The highest BCUT2D eigenvalue weighted by molar-refractivity contribution is 5.91. The lowest BCUT2D eigenvalue weighted by Gasteiger charge is -2.40. The lowest BCUT2D eigenvalue weighted by Crippen LogP contribution is -2.58. The Hall–Kier alpha value is -2.75. The van der Waals surface area contributed by atoms with Gasteiger partial charge in [0.25, 0.3) is 0 Å². The van der Waals surface area contributed by atoms with Gasteiger partial charge < -0.3 is 15.0 Å². The number of nitrogens with zero attached hydrogens (tertiary/aromatic N) is 1. The highest BCUT2D eigenvalue weighted by Gasteiger charge is 2.59. The monoisotopic (exact) mass is 348 g/mol. The molecule has 0 saturated carbocycles. The molecule has 4 heteroatoms. The van der Waals surface area contributed by atoms with Crippen LogP contribution in [0.15, 0.2) is 54.6 Å². The minimum atomic E-state index is -0.560.